The minimum Gasteiger partial charge on any atom is -0.379 e. The average Bonchev–Trinajstić information content (AvgIpc) is 3.47. The zero-order chi connectivity index (χ0) is 17.4. The summed E-state index contributed by atoms with van der Waals surface area (Å²) in [7, 11) is 0. The molecule has 0 aliphatic heterocycles. The van der Waals surface area contributed by atoms with Gasteiger partial charge in [0.1, 0.15) is 6.07 Å². The van der Waals surface area contributed by atoms with Gasteiger partial charge >= 0.3 is 0 Å². The third-order valence-corrected chi connectivity index (χ3v) is 5.08. The van der Waals surface area contributed by atoms with Crippen molar-refractivity contribution in [2.24, 2.45) is 5.92 Å². The molecule has 1 heterocycles. The van der Waals surface area contributed by atoms with E-state index >= 15 is 0 Å². The molecule has 0 radical (unpaired) electrons. The number of nitriles is 1. The smallest absolute Gasteiger partial charge is 0.186 e. The molecule has 1 aliphatic rings. The van der Waals surface area contributed by atoms with Gasteiger partial charge in [-0.05, 0) is 49.4 Å². The minimum absolute atomic E-state index is 0.322. The van der Waals surface area contributed by atoms with Crippen LogP contribution in [-0.2, 0) is 0 Å². The summed E-state index contributed by atoms with van der Waals surface area (Å²) < 4.78 is 0. The highest BCUT2D eigenvalue weighted by atomic mass is 35.5. The van der Waals surface area contributed by atoms with E-state index in [1.54, 1.807) is 0 Å². The van der Waals surface area contributed by atoms with Crippen molar-refractivity contribution in [2.45, 2.75) is 25.8 Å². The molecule has 1 unspecified atom stereocenters. The normalized spacial score (nSPS) is 14.9. The van der Waals surface area contributed by atoms with E-state index in [-0.39, 0.29) is 0 Å². The molecule has 1 fully saturated rings. The van der Waals surface area contributed by atoms with Gasteiger partial charge in [0.05, 0.1) is 11.2 Å². The van der Waals surface area contributed by atoms with Crippen LogP contribution in [0.5, 0.6) is 0 Å². The molecule has 1 N–H and O–H groups in total. The molecule has 4 rings (SSSR count). The Morgan fingerprint density at radius 2 is 2.00 bits per heavy atom. The lowest BCUT2D eigenvalue weighted by Gasteiger charge is -2.17. The molecule has 0 saturated heterocycles. The molecule has 5 heteroatoms. The number of nitrogens with one attached hydrogen (secondary N) is 1. The zero-order valence-corrected chi connectivity index (χ0v) is 14.6. The van der Waals surface area contributed by atoms with Gasteiger partial charge in [0, 0.05) is 22.0 Å². The van der Waals surface area contributed by atoms with Crippen molar-refractivity contribution in [2.75, 3.05) is 5.32 Å². The summed E-state index contributed by atoms with van der Waals surface area (Å²) in [4.78, 5) is 0. The van der Waals surface area contributed by atoms with E-state index in [4.69, 9.17) is 11.6 Å². The lowest BCUT2D eigenvalue weighted by molar-refractivity contribution is 0.694. The van der Waals surface area contributed by atoms with Crippen LogP contribution in [0.2, 0.25) is 5.02 Å². The van der Waals surface area contributed by atoms with Crippen LogP contribution in [0.1, 0.15) is 25.5 Å². The summed E-state index contributed by atoms with van der Waals surface area (Å²) >= 11 is 6.31. The lowest BCUT2D eigenvalue weighted by Crippen LogP contribution is -2.19. The van der Waals surface area contributed by atoms with Gasteiger partial charge in [0.25, 0.3) is 0 Å². The number of aromatic nitrogens is 2. The molecule has 0 amide bonds. The molecule has 0 bridgehead atoms. The third kappa shape index (κ3) is 3.04. The van der Waals surface area contributed by atoms with Crippen molar-refractivity contribution in [1.29, 1.82) is 5.26 Å². The van der Waals surface area contributed by atoms with Crippen LogP contribution in [-0.4, -0.2) is 16.2 Å². The number of fused-ring (bicyclic) bond motifs is 1. The highest BCUT2D eigenvalue weighted by Gasteiger charge is 2.29. The van der Waals surface area contributed by atoms with Gasteiger partial charge in [-0.25, -0.2) is 0 Å². The molecule has 124 valence electrons. The fourth-order valence-corrected chi connectivity index (χ4v) is 3.38. The van der Waals surface area contributed by atoms with E-state index in [0.717, 1.165) is 27.7 Å². The van der Waals surface area contributed by atoms with Crippen molar-refractivity contribution in [3.05, 3.63) is 53.2 Å². The quantitative estimate of drug-likeness (QED) is 0.718. The number of benzene rings is 2. The maximum absolute atomic E-state index is 9.40. The Morgan fingerprint density at radius 3 is 2.72 bits per heavy atom. The Kier molecular flexibility index (Phi) is 4.03. The maximum atomic E-state index is 9.40. The van der Waals surface area contributed by atoms with E-state index in [1.165, 1.54) is 12.8 Å². The van der Waals surface area contributed by atoms with Gasteiger partial charge in [-0.2, -0.15) is 5.26 Å². The van der Waals surface area contributed by atoms with E-state index < -0.39 is 0 Å². The molecule has 0 spiro atoms. The van der Waals surface area contributed by atoms with Gasteiger partial charge in [-0.3, -0.25) is 0 Å². The standard InChI is InChI=1S/C20H17ClN4/c1-12(13-6-7-13)23-20-16-9-8-14(15-4-2-3-5-17(15)21)10-18(16)24-25-19(20)11-22/h2-5,8-10,12-13H,6-7H2,1H3,(H,23,24). The average molecular weight is 349 g/mol. The summed E-state index contributed by atoms with van der Waals surface area (Å²) in [6, 6.07) is 16.2. The van der Waals surface area contributed by atoms with Crippen LogP contribution in [0.3, 0.4) is 0 Å². The van der Waals surface area contributed by atoms with Crippen molar-refractivity contribution in [3.8, 4) is 17.2 Å². The maximum Gasteiger partial charge on any atom is 0.186 e. The molecule has 25 heavy (non-hydrogen) atoms. The predicted octanol–water partition coefficient (Wildman–Crippen LogP) is 5.03. The van der Waals surface area contributed by atoms with Crippen molar-refractivity contribution >= 4 is 28.2 Å². The number of anilines is 1. The van der Waals surface area contributed by atoms with Crippen LogP contribution in [0.4, 0.5) is 5.69 Å². The second-order valence-corrected chi connectivity index (χ2v) is 6.92. The van der Waals surface area contributed by atoms with Gasteiger partial charge in [0.15, 0.2) is 5.69 Å². The molecule has 1 aliphatic carbocycles. The predicted molar refractivity (Wildman–Crippen MR) is 101 cm³/mol. The van der Waals surface area contributed by atoms with E-state index in [1.807, 2.05) is 42.5 Å². The molecule has 4 nitrogen and oxygen atoms in total. The second kappa shape index (κ2) is 6.34. The van der Waals surface area contributed by atoms with Gasteiger partial charge in [-0.1, -0.05) is 35.9 Å². The molecular weight excluding hydrogens is 332 g/mol. The van der Waals surface area contributed by atoms with E-state index in [9.17, 15) is 5.26 Å². The van der Waals surface area contributed by atoms with E-state index in [0.29, 0.717) is 22.7 Å². The molecule has 1 atom stereocenters. The van der Waals surface area contributed by atoms with Crippen molar-refractivity contribution in [1.82, 2.24) is 10.2 Å². The van der Waals surface area contributed by atoms with Crippen molar-refractivity contribution < 1.29 is 0 Å². The van der Waals surface area contributed by atoms with Crippen LogP contribution in [0.25, 0.3) is 22.0 Å². The molecule has 1 saturated carbocycles. The molecule has 1 aromatic heterocycles. The Hall–Kier alpha value is -2.64. The first-order chi connectivity index (χ1) is 12.2. The highest BCUT2D eigenvalue weighted by Crippen LogP contribution is 2.36. The number of hydrogen-bond acceptors (Lipinski definition) is 4. The van der Waals surface area contributed by atoms with E-state index in [2.05, 4.69) is 28.5 Å². The number of hydrogen-bond donors (Lipinski definition) is 1. The third-order valence-electron chi connectivity index (χ3n) is 4.75. The number of rotatable bonds is 4. The molecule has 2 aromatic carbocycles. The topological polar surface area (TPSA) is 61.6 Å². The Balaban J connectivity index is 1.81. The monoisotopic (exact) mass is 348 g/mol. The number of halogens is 1. The Bertz CT molecular complexity index is 989. The van der Waals surface area contributed by atoms with Crippen molar-refractivity contribution in [3.63, 3.8) is 0 Å². The summed E-state index contributed by atoms with van der Waals surface area (Å²) in [6.07, 6.45) is 2.48. The first-order valence-corrected chi connectivity index (χ1v) is 8.77. The van der Waals surface area contributed by atoms with Gasteiger partial charge in [-0.15, -0.1) is 10.2 Å². The summed E-state index contributed by atoms with van der Waals surface area (Å²) in [6.45, 7) is 2.16. The van der Waals surface area contributed by atoms with Crippen LogP contribution >= 0.6 is 11.6 Å². The first kappa shape index (κ1) is 15.9. The largest absolute Gasteiger partial charge is 0.379 e. The highest BCUT2D eigenvalue weighted by molar-refractivity contribution is 6.33. The first-order valence-electron chi connectivity index (χ1n) is 8.39. The second-order valence-electron chi connectivity index (χ2n) is 6.52. The van der Waals surface area contributed by atoms with Crippen LogP contribution < -0.4 is 5.32 Å². The molecule has 3 aromatic rings. The van der Waals surface area contributed by atoms with Gasteiger partial charge < -0.3 is 5.32 Å². The van der Waals surface area contributed by atoms with Gasteiger partial charge in [0.2, 0.25) is 0 Å². The van der Waals surface area contributed by atoms with Crippen LogP contribution in [0, 0.1) is 17.2 Å². The Labute approximate surface area is 151 Å². The number of nitrogens with zero attached hydrogens (tertiary/aromatic N) is 3. The summed E-state index contributed by atoms with van der Waals surface area (Å²) in [5, 5.41) is 22.8. The minimum atomic E-state index is 0.322. The SMILES string of the molecule is CC(Nc1c(C#N)nnc2cc(-c3ccccc3Cl)ccc12)C1CC1. The summed E-state index contributed by atoms with van der Waals surface area (Å²) in [5.41, 5.74) is 3.81. The fourth-order valence-electron chi connectivity index (χ4n) is 3.14. The fraction of sp³-hybridized carbons (Fsp3) is 0.250. The summed E-state index contributed by atoms with van der Waals surface area (Å²) in [5.74, 6) is 0.678. The zero-order valence-electron chi connectivity index (χ0n) is 13.8. The molecular formula is C20H17ClN4. The Morgan fingerprint density at radius 1 is 1.20 bits per heavy atom. The van der Waals surface area contributed by atoms with Crippen LogP contribution in [0.15, 0.2) is 42.5 Å². The lowest BCUT2D eigenvalue weighted by atomic mass is 10.0.